The van der Waals surface area contributed by atoms with Crippen LogP contribution in [-0.4, -0.2) is 67.0 Å². The number of carbonyl (C=O) groups is 2. The second kappa shape index (κ2) is 11.7. The monoisotopic (exact) mass is 486 g/mol. The molecule has 184 valence electrons. The molecule has 2 aromatic rings. The zero-order chi connectivity index (χ0) is 24.7. The van der Waals surface area contributed by atoms with Gasteiger partial charge in [-0.2, -0.15) is 0 Å². The van der Waals surface area contributed by atoms with Crippen LogP contribution >= 0.6 is 11.6 Å². The fourth-order valence-corrected chi connectivity index (χ4v) is 4.44. The Morgan fingerprint density at radius 1 is 1.06 bits per heavy atom. The molecule has 2 aromatic carbocycles. The van der Waals surface area contributed by atoms with Crippen molar-refractivity contribution in [2.45, 2.75) is 38.8 Å². The Kier molecular flexibility index (Phi) is 8.94. The van der Waals surface area contributed by atoms with Crippen molar-refractivity contribution in [2.75, 3.05) is 45.2 Å². The van der Waals surface area contributed by atoms with Crippen molar-refractivity contribution in [3.8, 4) is 5.75 Å². The third kappa shape index (κ3) is 7.45. The maximum Gasteiger partial charge on any atom is 0.246 e. The molecule has 0 saturated carbocycles. The summed E-state index contributed by atoms with van der Waals surface area (Å²) in [7, 11) is 1.56. The molecule has 1 aliphatic rings. The molecule has 0 bridgehead atoms. The number of rotatable bonds is 7. The van der Waals surface area contributed by atoms with Crippen LogP contribution in [0.2, 0.25) is 5.02 Å². The van der Waals surface area contributed by atoms with Gasteiger partial charge in [-0.3, -0.25) is 19.4 Å². The van der Waals surface area contributed by atoms with Crippen LogP contribution in [0.1, 0.15) is 38.8 Å². The topological polar surface area (TPSA) is 73.9 Å². The van der Waals surface area contributed by atoms with Gasteiger partial charge in [-0.25, -0.2) is 0 Å². The van der Waals surface area contributed by atoms with Crippen molar-refractivity contribution in [3.63, 3.8) is 0 Å². The van der Waals surface area contributed by atoms with Crippen molar-refractivity contribution >= 4 is 29.1 Å². The van der Waals surface area contributed by atoms with Gasteiger partial charge >= 0.3 is 0 Å². The average Bonchev–Trinajstić information content (AvgIpc) is 2.99. The average molecular weight is 487 g/mol. The van der Waals surface area contributed by atoms with Crippen LogP contribution in [-0.2, 0) is 9.59 Å². The summed E-state index contributed by atoms with van der Waals surface area (Å²) in [5.41, 5.74) is 1.29. The van der Waals surface area contributed by atoms with Crippen LogP contribution in [0.5, 0.6) is 5.75 Å². The van der Waals surface area contributed by atoms with E-state index in [9.17, 15) is 9.59 Å². The van der Waals surface area contributed by atoms with Crippen LogP contribution in [0, 0.1) is 0 Å². The summed E-state index contributed by atoms with van der Waals surface area (Å²) in [6.45, 7) is 9.26. The number of nitrogens with one attached hydrogen (secondary N) is 2. The van der Waals surface area contributed by atoms with Gasteiger partial charge in [-0.15, -0.1) is 0 Å². The molecule has 8 heteroatoms. The van der Waals surface area contributed by atoms with Crippen molar-refractivity contribution in [3.05, 3.63) is 59.1 Å². The quantitative estimate of drug-likeness (QED) is 0.620. The van der Waals surface area contributed by atoms with E-state index in [0.717, 1.165) is 25.1 Å². The van der Waals surface area contributed by atoms with E-state index in [-0.39, 0.29) is 17.4 Å². The van der Waals surface area contributed by atoms with Crippen molar-refractivity contribution in [1.82, 2.24) is 15.1 Å². The molecular formula is C26H35ClN4O3. The molecule has 34 heavy (non-hydrogen) atoms. The van der Waals surface area contributed by atoms with Gasteiger partial charge in [0, 0.05) is 30.9 Å². The zero-order valence-corrected chi connectivity index (χ0v) is 21.2. The predicted octanol–water partition coefficient (Wildman–Crippen LogP) is 3.95. The highest BCUT2D eigenvalue weighted by molar-refractivity contribution is 6.32. The number of amides is 2. The lowest BCUT2D eigenvalue weighted by Gasteiger charge is -2.30. The summed E-state index contributed by atoms with van der Waals surface area (Å²) in [5, 5.41) is 6.49. The summed E-state index contributed by atoms with van der Waals surface area (Å²) in [5.74, 6) is 0.462. The number of hydrogen-bond acceptors (Lipinski definition) is 5. The first kappa shape index (κ1) is 26.0. The van der Waals surface area contributed by atoms with Gasteiger partial charge in [0.05, 0.1) is 18.7 Å². The number of hydrogen-bond donors (Lipinski definition) is 2. The Hall–Kier alpha value is -2.61. The predicted molar refractivity (Wildman–Crippen MR) is 136 cm³/mol. The van der Waals surface area contributed by atoms with Crippen LogP contribution < -0.4 is 15.4 Å². The molecule has 7 nitrogen and oxygen atoms in total. The van der Waals surface area contributed by atoms with Crippen molar-refractivity contribution < 1.29 is 14.3 Å². The molecule has 3 rings (SSSR count). The minimum Gasteiger partial charge on any atom is -0.495 e. The third-order valence-electron chi connectivity index (χ3n) is 5.65. The van der Waals surface area contributed by atoms with E-state index in [1.807, 2.05) is 51.1 Å². The SMILES string of the molecule is COc1ccc(NC(=O)[C@@H](c2ccccc2)N2CCCN(CC(=O)NC(C)(C)C)CC2)cc1Cl. The highest BCUT2D eigenvalue weighted by atomic mass is 35.5. The van der Waals surface area contributed by atoms with E-state index < -0.39 is 6.04 Å². The van der Waals surface area contributed by atoms with Gasteiger partial charge in [-0.1, -0.05) is 41.9 Å². The Labute approximate surface area is 207 Å². The molecule has 0 aliphatic carbocycles. The first-order chi connectivity index (χ1) is 16.2. The normalized spacial score (nSPS) is 16.4. The van der Waals surface area contributed by atoms with E-state index in [1.165, 1.54) is 0 Å². The number of methoxy groups -OCH3 is 1. The number of carbonyl (C=O) groups excluding carboxylic acids is 2. The summed E-state index contributed by atoms with van der Waals surface area (Å²) < 4.78 is 5.21. The molecule has 0 radical (unpaired) electrons. The second-order valence-corrected chi connectivity index (χ2v) is 10.0. The van der Waals surface area contributed by atoms with Gasteiger partial charge in [0.25, 0.3) is 0 Å². The van der Waals surface area contributed by atoms with Crippen molar-refractivity contribution in [1.29, 1.82) is 0 Å². The molecule has 0 aromatic heterocycles. The molecule has 1 atom stereocenters. The lowest BCUT2D eigenvalue weighted by atomic mass is 10.0. The largest absolute Gasteiger partial charge is 0.495 e. The summed E-state index contributed by atoms with van der Waals surface area (Å²) in [6.07, 6.45) is 0.869. The minimum absolute atomic E-state index is 0.0229. The molecule has 1 heterocycles. The van der Waals surface area contributed by atoms with E-state index in [4.69, 9.17) is 16.3 Å². The highest BCUT2D eigenvalue weighted by Crippen LogP contribution is 2.29. The molecule has 1 saturated heterocycles. The lowest BCUT2D eigenvalue weighted by Crippen LogP contribution is -2.46. The number of nitrogens with zero attached hydrogens (tertiary/aromatic N) is 2. The Balaban J connectivity index is 1.73. The van der Waals surface area contributed by atoms with Crippen molar-refractivity contribution in [2.24, 2.45) is 0 Å². The number of anilines is 1. The minimum atomic E-state index is -0.453. The molecular weight excluding hydrogens is 452 g/mol. The maximum absolute atomic E-state index is 13.5. The van der Waals surface area contributed by atoms with E-state index >= 15 is 0 Å². The Bertz CT molecular complexity index is 978. The van der Waals surface area contributed by atoms with Crippen LogP contribution in [0.25, 0.3) is 0 Å². The number of halogens is 1. The molecule has 0 spiro atoms. The van der Waals surface area contributed by atoms with E-state index in [0.29, 0.717) is 36.1 Å². The number of ether oxygens (including phenoxy) is 1. The van der Waals surface area contributed by atoms with Gasteiger partial charge in [0.1, 0.15) is 11.8 Å². The summed E-state index contributed by atoms with van der Waals surface area (Å²) in [6, 6.07) is 14.5. The van der Waals surface area contributed by atoms with Gasteiger partial charge in [0.2, 0.25) is 11.8 Å². The van der Waals surface area contributed by atoms with Gasteiger partial charge < -0.3 is 15.4 Å². The first-order valence-corrected chi connectivity index (χ1v) is 12.0. The van der Waals surface area contributed by atoms with E-state index in [2.05, 4.69) is 20.4 Å². The molecule has 2 N–H and O–H groups in total. The molecule has 0 unspecified atom stereocenters. The molecule has 1 aliphatic heterocycles. The van der Waals surface area contributed by atoms with Crippen LogP contribution in [0.15, 0.2) is 48.5 Å². The van der Waals surface area contributed by atoms with Gasteiger partial charge in [0.15, 0.2) is 0 Å². The molecule has 2 amide bonds. The summed E-state index contributed by atoms with van der Waals surface area (Å²) >= 11 is 6.25. The van der Waals surface area contributed by atoms with Crippen LogP contribution in [0.3, 0.4) is 0 Å². The fourth-order valence-electron chi connectivity index (χ4n) is 4.19. The molecule has 1 fully saturated rings. The standard InChI is InChI=1S/C26H35ClN4O3/c1-26(2,3)29-23(32)18-30-13-8-14-31(16-15-30)24(19-9-6-5-7-10-19)25(33)28-20-11-12-22(34-4)21(27)17-20/h5-7,9-12,17,24H,8,13-16,18H2,1-4H3,(H,28,33)(H,29,32)/t24-/m1/s1. The fraction of sp³-hybridized carbons (Fsp3) is 0.462. The third-order valence-corrected chi connectivity index (χ3v) is 5.95. The van der Waals surface area contributed by atoms with Gasteiger partial charge in [-0.05, 0) is 57.5 Å². The Morgan fingerprint density at radius 2 is 1.79 bits per heavy atom. The summed E-state index contributed by atoms with van der Waals surface area (Å²) in [4.78, 5) is 30.3. The second-order valence-electron chi connectivity index (χ2n) is 9.62. The maximum atomic E-state index is 13.5. The zero-order valence-electron chi connectivity index (χ0n) is 20.4. The van der Waals surface area contributed by atoms with Crippen LogP contribution in [0.4, 0.5) is 5.69 Å². The smallest absolute Gasteiger partial charge is 0.246 e. The Morgan fingerprint density at radius 3 is 2.44 bits per heavy atom. The number of benzene rings is 2. The lowest BCUT2D eigenvalue weighted by molar-refractivity contribution is -0.124. The van der Waals surface area contributed by atoms with E-state index in [1.54, 1.807) is 25.3 Å². The highest BCUT2D eigenvalue weighted by Gasteiger charge is 2.30. The first-order valence-electron chi connectivity index (χ1n) is 11.6.